The lowest BCUT2D eigenvalue weighted by Gasteiger charge is -2.23. The number of hydrogen-bond acceptors (Lipinski definition) is 4. The van der Waals surface area contributed by atoms with E-state index in [0.29, 0.717) is 13.3 Å². The quantitative estimate of drug-likeness (QED) is 0.399. The summed E-state index contributed by atoms with van der Waals surface area (Å²) in [6.45, 7) is 8.72. The number of rotatable bonds is 7. The molecule has 0 aromatic heterocycles. The molecule has 0 heterocycles. The first-order valence-corrected chi connectivity index (χ1v) is 5.34. The van der Waals surface area contributed by atoms with Crippen LogP contribution in [0.5, 0.6) is 0 Å². The van der Waals surface area contributed by atoms with Gasteiger partial charge in [-0.2, -0.15) is 0 Å². The maximum absolute atomic E-state index is 11.7. The topological polar surface area (TPSA) is 47.6 Å². The third-order valence-corrected chi connectivity index (χ3v) is 2.42. The van der Waals surface area contributed by atoms with Crippen LogP contribution in [0.4, 0.5) is 0 Å². The number of esters is 1. The van der Waals surface area contributed by atoms with Gasteiger partial charge in [-0.25, -0.2) is 0 Å². The molecule has 4 nitrogen and oxygen atoms in total. The fourth-order valence-electron chi connectivity index (χ4n) is 0.892. The van der Waals surface area contributed by atoms with Crippen LogP contribution in [-0.2, 0) is 14.3 Å². The zero-order chi connectivity index (χ0) is 11.9. The van der Waals surface area contributed by atoms with E-state index in [1.807, 2.05) is 27.7 Å². The van der Waals surface area contributed by atoms with Gasteiger partial charge in [0.1, 0.15) is 6.10 Å². The normalized spacial score (nSPS) is 13.7. The fourth-order valence-corrected chi connectivity index (χ4v) is 0.892. The van der Waals surface area contributed by atoms with Crippen LogP contribution in [0, 0.1) is 5.41 Å². The van der Waals surface area contributed by atoms with Crippen LogP contribution in [0.15, 0.2) is 0 Å². The molecule has 1 N–H and O–H groups in total. The minimum absolute atomic E-state index is 0.126. The van der Waals surface area contributed by atoms with Crippen molar-refractivity contribution in [3.05, 3.63) is 0 Å². The molecule has 0 rings (SSSR count). The van der Waals surface area contributed by atoms with Crippen LogP contribution < -0.4 is 5.32 Å². The molecule has 0 fully saturated rings. The first kappa shape index (κ1) is 14.4. The molecule has 0 radical (unpaired) electrons. The van der Waals surface area contributed by atoms with Crippen molar-refractivity contribution >= 4 is 5.97 Å². The first-order chi connectivity index (χ1) is 6.94. The lowest BCUT2D eigenvalue weighted by atomic mass is 9.90. The summed E-state index contributed by atoms with van der Waals surface area (Å²) in [6.07, 6.45) is 0.655. The van der Waals surface area contributed by atoms with Gasteiger partial charge in [0.15, 0.2) is 0 Å². The van der Waals surface area contributed by atoms with Crippen molar-refractivity contribution in [3.8, 4) is 0 Å². The van der Waals surface area contributed by atoms with Crippen LogP contribution in [0.1, 0.15) is 34.1 Å². The molecule has 0 aliphatic heterocycles. The van der Waals surface area contributed by atoms with Crippen molar-refractivity contribution in [3.63, 3.8) is 0 Å². The van der Waals surface area contributed by atoms with Gasteiger partial charge in [0.2, 0.25) is 0 Å². The lowest BCUT2D eigenvalue weighted by molar-refractivity contribution is -0.158. The maximum atomic E-state index is 11.7. The van der Waals surface area contributed by atoms with Gasteiger partial charge in [-0.15, -0.1) is 0 Å². The van der Waals surface area contributed by atoms with Gasteiger partial charge in [-0.05, 0) is 27.2 Å². The number of carbonyl (C=O) groups is 1. The third kappa shape index (κ3) is 5.74. The second-order valence-electron chi connectivity index (χ2n) is 4.34. The zero-order valence-corrected chi connectivity index (χ0v) is 10.4. The van der Waals surface area contributed by atoms with Crippen molar-refractivity contribution in [2.75, 3.05) is 20.4 Å². The minimum atomic E-state index is -0.393. The molecule has 0 aromatic rings. The molecular formula is C11H23NO3. The van der Waals surface area contributed by atoms with Gasteiger partial charge in [0, 0.05) is 13.7 Å². The summed E-state index contributed by atoms with van der Waals surface area (Å²) in [5.41, 5.74) is -0.393. The van der Waals surface area contributed by atoms with Gasteiger partial charge in [0.25, 0.3) is 0 Å². The Hall–Kier alpha value is -0.610. The SMILES string of the molecule is CCC(C)(C)C(=O)OC(C)CNCOC. The van der Waals surface area contributed by atoms with Gasteiger partial charge in [0.05, 0.1) is 12.1 Å². The lowest BCUT2D eigenvalue weighted by Crippen LogP contribution is -2.34. The summed E-state index contributed by atoms with van der Waals surface area (Å²) < 4.78 is 10.1. The number of hydrogen-bond donors (Lipinski definition) is 1. The number of methoxy groups -OCH3 is 1. The molecule has 0 amide bonds. The molecule has 0 aliphatic carbocycles. The number of carbonyl (C=O) groups excluding carboxylic acids is 1. The molecule has 0 bridgehead atoms. The molecule has 0 saturated heterocycles. The Labute approximate surface area is 92.3 Å². The Bertz CT molecular complexity index is 192. The molecule has 0 aromatic carbocycles. The molecule has 1 unspecified atom stereocenters. The van der Waals surface area contributed by atoms with Crippen LogP contribution in [0.25, 0.3) is 0 Å². The van der Waals surface area contributed by atoms with E-state index in [2.05, 4.69) is 5.32 Å². The summed E-state index contributed by atoms with van der Waals surface area (Å²) in [5, 5.41) is 3.01. The Morgan fingerprint density at radius 2 is 2.07 bits per heavy atom. The van der Waals surface area contributed by atoms with E-state index in [4.69, 9.17) is 9.47 Å². The van der Waals surface area contributed by atoms with Crippen molar-refractivity contribution in [1.29, 1.82) is 0 Å². The van der Waals surface area contributed by atoms with Crippen molar-refractivity contribution < 1.29 is 14.3 Å². The highest BCUT2D eigenvalue weighted by Gasteiger charge is 2.28. The molecule has 0 aliphatic rings. The maximum Gasteiger partial charge on any atom is 0.311 e. The molecule has 15 heavy (non-hydrogen) atoms. The van der Waals surface area contributed by atoms with Crippen molar-refractivity contribution in [2.24, 2.45) is 5.41 Å². The monoisotopic (exact) mass is 217 g/mol. The van der Waals surface area contributed by atoms with Crippen LogP contribution in [0.3, 0.4) is 0 Å². The summed E-state index contributed by atoms with van der Waals surface area (Å²) in [7, 11) is 1.61. The first-order valence-electron chi connectivity index (χ1n) is 5.34. The number of ether oxygens (including phenoxy) is 2. The van der Waals surface area contributed by atoms with Crippen LogP contribution in [0.2, 0.25) is 0 Å². The predicted octanol–water partition coefficient (Wildman–Crippen LogP) is 1.55. The van der Waals surface area contributed by atoms with E-state index in [9.17, 15) is 4.79 Å². The molecule has 90 valence electrons. The summed E-state index contributed by atoms with van der Waals surface area (Å²) in [4.78, 5) is 11.7. The largest absolute Gasteiger partial charge is 0.461 e. The standard InChI is InChI=1S/C11H23NO3/c1-6-11(3,4)10(13)15-9(2)7-12-8-14-5/h9,12H,6-8H2,1-5H3. The van der Waals surface area contributed by atoms with E-state index in [-0.39, 0.29) is 12.1 Å². The van der Waals surface area contributed by atoms with E-state index in [1.54, 1.807) is 7.11 Å². The summed E-state index contributed by atoms with van der Waals surface area (Å²) in [6, 6.07) is 0. The highest BCUT2D eigenvalue weighted by Crippen LogP contribution is 2.21. The smallest absolute Gasteiger partial charge is 0.311 e. The zero-order valence-electron chi connectivity index (χ0n) is 10.4. The Morgan fingerprint density at radius 1 is 1.47 bits per heavy atom. The van der Waals surface area contributed by atoms with Gasteiger partial charge in [-0.3, -0.25) is 10.1 Å². The Balaban J connectivity index is 3.86. The van der Waals surface area contributed by atoms with E-state index < -0.39 is 5.41 Å². The van der Waals surface area contributed by atoms with Gasteiger partial charge < -0.3 is 9.47 Å². The number of nitrogens with one attached hydrogen (secondary N) is 1. The predicted molar refractivity (Wildman–Crippen MR) is 59.5 cm³/mol. The molecule has 0 saturated carbocycles. The molecule has 0 spiro atoms. The molecule has 1 atom stereocenters. The minimum Gasteiger partial charge on any atom is -0.461 e. The van der Waals surface area contributed by atoms with Gasteiger partial charge in [-0.1, -0.05) is 6.92 Å². The Kier molecular flexibility index (Phi) is 6.52. The highest BCUT2D eigenvalue weighted by atomic mass is 16.5. The third-order valence-electron chi connectivity index (χ3n) is 2.42. The average molecular weight is 217 g/mol. The van der Waals surface area contributed by atoms with Gasteiger partial charge >= 0.3 is 5.97 Å². The average Bonchev–Trinajstić information content (AvgIpc) is 2.18. The second-order valence-corrected chi connectivity index (χ2v) is 4.34. The fraction of sp³-hybridized carbons (Fsp3) is 0.909. The van der Waals surface area contributed by atoms with E-state index >= 15 is 0 Å². The summed E-state index contributed by atoms with van der Waals surface area (Å²) in [5.74, 6) is -0.142. The van der Waals surface area contributed by atoms with Crippen molar-refractivity contribution in [2.45, 2.75) is 40.2 Å². The highest BCUT2D eigenvalue weighted by molar-refractivity contribution is 5.75. The van der Waals surface area contributed by atoms with Crippen LogP contribution in [-0.4, -0.2) is 32.5 Å². The molecular weight excluding hydrogens is 194 g/mol. The second kappa shape index (κ2) is 6.80. The van der Waals surface area contributed by atoms with Crippen molar-refractivity contribution in [1.82, 2.24) is 5.32 Å². The molecule has 4 heteroatoms. The van der Waals surface area contributed by atoms with E-state index in [0.717, 1.165) is 6.42 Å². The summed E-state index contributed by atoms with van der Waals surface area (Å²) >= 11 is 0. The van der Waals surface area contributed by atoms with E-state index in [1.165, 1.54) is 0 Å². The Morgan fingerprint density at radius 3 is 2.53 bits per heavy atom. The van der Waals surface area contributed by atoms with Crippen LogP contribution >= 0.6 is 0 Å².